The molecule has 42 heavy (non-hydrogen) atoms. The molecule has 0 spiro atoms. The Morgan fingerprint density at radius 2 is 1.67 bits per heavy atom. The Morgan fingerprint density at radius 1 is 0.905 bits per heavy atom. The summed E-state index contributed by atoms with van der Waals surface area (Å²) < 4.78 is 14.7. The summed E-state index contributed by atoms with van der Waals surface area (Å²) in [4.78, 5) is 12.8. The standard InChI is InChI=1S/C32H29N5O4S/c38-20-22-14-16-23(17-15-22)29-19-28(21-42-32-34-35-36-37(32)27-12-5-2-6-13-27)40-31(41-29)25-10-7-11-26(18-25)33-30(39)24-8-3-1-4-9-24/h1-18,28-29,31,38H,19-21H2,(H,33,39)/t28-,29+,31+/m0/s1. The van der Waals surface area contributed by atoms with Gasteiger partial charge in [0, 0.05) is 29.0 Å². The first-order valence-electron chi connectivity index (χ1n) is 13.6. The topological polar surface area (TPSA) is 111 Å². The van der Waals surface area contributed by atoms with Gasteiger partial charge in [-0.15, -0.1) is 5.10 Å². The third-order valence-electron chi connectivity index (χ3n) is 6.91. The van der Waals surface area contributed by atoms with Gasteiger partial charge < -0.3 is 19.9 Å². The molecule has 1 aliphatic heterocycles. The Balaban J connectivity index is 1.22. The first-order chi connectivity index (χ1) is 20.7. The van der Waals surface area contributed by atoms with Gasteiger partial charge in [0.05, 0.1) is 24.5 Å². The fraction of sp³-hybridized carbons (Fsp3) is 0.188. The average Bonchev–Trinajstić information content (AvgIpc) is 3.53. The predicted molar refractivity (Wildman–Crippen MR) is 159 cm³/mol. The third kappa shape index (κ3) is 6.58. The molecule has 1 aliphatic rings. The van der Waals surface area contributed by atoms with Crippen molar-refractivity contribution in [1.29, 1.82) is 0 Å². The van der Waals surface area contributed by atoms with Crippen LogP contribution in [0.15, 0.2) is 114 Å². The minimum Gasteiger partial charge on any atom is -0.392 e. The molecule has 1 aromatic heterocycles. The maximum Gasteiger partial charge on any atom is 0.255 e. The molecule has 3 atom stereocenters. The van der Waals surface area contributed by atoms with E-state index in [4.69, 9.17) is 9.47 Å². The SMILES string of the molecule is O=C(Nc1cccc([C@@H]2O[C@H](CSc3nnnn3-c3ccccc3)C[C@H](c3ccc(CO)cc3)O2)c1)c1ccccc1. The molecule has 10 heteroatoms. The van der Waals surface area contributed by atoms with E-state index in [0.717, 1.165) is 22.4 Å². The highest BCUT2D eigenvalue weighted by Gasteiger charge is 2.33. The Bertz CT molecular complexity index is 1620. The second kappa shape index (κ2) is 13.1. The summed E-state index contributed by atoms with van der Waals surface area (Å²) in [6.07, 6.45) is -0.459. The number of tetrazole rings is 1. The molecule has 0 radical (unpaired) electrons. The van der Waals surface area contributed by atoms with E-state index in [1.54, 1.807) is 16.8 Å². The van der Waals surface area contributed by atoms with Crippen LogP contribution in [0.25, 0.3) is 5.69 Å². The number of amides is 1. The highest BCUT2D eigenvalue weighted by Crippen LogP contribution is 2.40. The van der Waals surface area contributed by atoms with E-state index in [9.17, 15) is 9.90 Å². The highest BCUT2D eigenvalue weighted by atomic mass is 32.2. The Labute approximate surface area is 247 Å². The molecule has 5 aromatic rings. The summed E-state index contributed by atoms with van der Waals surface area (Å²) in [5, 5.41) is 25.4. The number of nitrogens with one attached hydrogen (secondary N) is 1. The highest BCUT2D eigenvalue weighted by molar-refractivity contribution is 7.99. The lowest BCUT2D eigenvalue weighted by molar-refractivity contribution is -0.245. The van der Waals surface area contributed by atoms with Gasteiger partial charge in [0.2, 0.25) is 5.16 Å². The molecule has 4 aromatic carbocycles. The van der Waals surface area contributed by atoms with Crippen LogP contribution in [0.4, 0.5) is 5.69 Å². The van der Waals surface area contributed by atoms with Crippen molar-refractivity contribution in [2.24, 2.45) is 0 Å². The number of rotatable bonds is 9. The number of benzene rings is 4. The zero-order chi connectivity index (χ0) is 28.7. The molecule has 0 bridgehead atoms. The van der Waals surface area contributed by atoms with Crippen molar-refractivity contribution in [3.8, 4) is 5.69 Å². The number of hydrogen-bond donors (Lipinski definition) is 2. The summed E-state index contributed by atoms with van der Waals surface area (Å²) in [7, 11) is 0. The Morgan fingerprint density at radius 3 is 2.43 bits per heavy atom. The maximum atomic E-state index is 12.8. The van der Waals surface area contributed by atoms with Gasteiger partial charge in [0.25, 0.3) is 5.91 Å². The van der Waals surface area contributed by atoms with Gasteiger partial charge in [-0.2, -0.15) is 4.68 Å². The van der Waals surface area contributed by atoms with Crippen LogP contribution < -0.4 is 5.32 Å². The first-order valence-corrected chi connectivity index (χ1v) is 14.6. The van der Waals surface area contributed by atoms with Crippen LogP contribution >= 0.6 is 11.8 Å². The smallest absolute Gasteiger partial charge is 0.255 e. The third-order valence-corrected chi connectivity index (χ3v) is 7.96. The molecule has 2 N–H and O–H groups in total. The number of thioether (sulfide) groups is 1. The monoisotopic (exact) mass is 579 g/mol. The van der Waals surface area contributed by atoms with Crippen molar-refractivity contribution in [1.82, 2.24) is 20.2 Å². The molecule has 0 aliphatic carbocycles. The van der Waals surface area contributed by atoms with Crippen LogP contribution in [-0.4, -0.2) is 43.1 Å². The van der Waals surface area contributed by atoms with Crippen molar-refractivity contribution < 1.29 is 19.4 Å². The van der Waals surface area contributed by atoms with Crippen LogP contribution in [0.3, 0.4) is 0 Å². The zero-order valence-corrected chi connectivity index (χ0v) is 23.4. The Hall–Kier alpha value is -4.35. The van der Waals surface area contributed by atoms with Gasteiger partial charge in [-0.25, -0.2) is 0 Å². The van der Waals surface area contributed by atoms with Crippen LogP contribution in [0.5, 0.6) is 0 Å². The average molecular weight is 580 g/mol. The van der Waals surface area contributed by atoms with Gasteiger partial charge in [0.1, 0.15) is 0 Å². The number of nitrogens with zero attached hydrogens (tertiary/aromatic N) is 4. The molecule has 6 rings (SSSR count). The van der Waals surface area contributed by atoms with Gasteiger partial charge in [-0.05, 0) is 58.0 Å². The van der Waals surface area contributed by atoms with Crippen molar-refractivity contribution in [3.05, 3.63) is 131 Å². The molecular formula is C32H29N5O4S. The molecule has 1 fully saturated rings. The van der Waals surface area contributed by atoms with Gasteiger partial charge in [0.15, 0.2) is 6.29 Å². The van der Waals surface area contributed by atoms with Crippen LogP contribution in [-0.2, 0) is 16.1 Å². The number of hydrogen-bond acceptors (Lipinski definition) is 8. The van der Waals surface area contributed by atoms with E-state index in [1.807, 2.05) is 97.1 Å². The lowest BCUT2D eigenvalue weighted by Gasteiger charge is -2.36. The fourth-order valence-corrected chi connectivity index (χ4v) is 5.65. The predicted octanol–water partition coefficient (Wildman–Crippen LogP) is 5.74. The van der Waals surface area contributed by atoms with E-state index >= 15 is 0 Å². The quantitative estimate of drug-likeness (QED) is 0.213. The van der Waals surface area contributed by atoms with Crippen LogP contribution in [0, 0.1) is 0 Å². The molecule has 0 saturated carbocycles. The lowest BCUT2D eigenvalue weighted by Crippen LogP contribution is -2.31. The Kier molecular flexibility index (Phi) is 8.67. The summed E-state index contributed by atoms with van der Waals surface area (Å²) in [6.45, 7) is -0.0194. The van der Waals surface area contributed by atoms with E-state index in [2.05, 4.69) is 20.8 Å². The summed E-state index contributed by atoms with van der Waals surface area (Å²) in [5.41, 5.74) is 4.74. The largest absolute Gasteiger partial charge is 0.392 e. The molecule has 2 heterocycles. The van der Waals surface area contributed by atoms with Crippen LogP contribution in [0.2, 0.25) is 0 Å². The summed E-state index contributed by atoms with van der Waals surface area (Å²) in [6, 6.07) is 34.1. The zero-order valence-electron chi connectivity index (χ0n) is 22.6. The molecule has 1 amide bonds. The first kappa shape index (κ1) is 27.8. The van der Waals surface area contributed by atoms with Gasteiger partial charge in [-0.3, -0.25) is 4.79 Å². The number of aliphatic hydroxyl groups excluding tert-OH is 1. The van der Waals surface area contributed by atoms with E-state index in [0.29, 0.717) is 28.6 Å². The maximum absolute atomic E-state index is 12.8. The normalized spacial score (nSPS) is 18.5. The molecular weight excluding hydrogens is 550 g/mol. The number of carbonyl (C=O) groups is 1. The molecule has 1 saturated heterocycles. The number of aliphatic hydroxyl groups is 1. The van der Waals surface area contributed by atoms with Gasteiger partial charge in [-0.1, -0.05) is 84.6 Å². The summed E-state index contributed by atoms with van der Waals surface area (Å²) in [5.74, 6) is 0.411. The van der Waals surface area contributed by atoms with Crippen molar-refractivity contribution in [3.63, 3.8) is 0 Å². The number of carbonyl (C=O) groups excluding carboxylic acids is 1. The number of ether oxygens (including phenoxy) is 2. The fourth-order valence-electron chi connectivity index (χ4n) is 4.75. The number of anilines is 1. The lowest BCUT2D eigenvalue weighted by atomic mass is 10.0. The van der Waals surface area contributed by atoms with E-state index in [1.165, 1.54) is 11.8 Å². The van der Waals surface area contributed by atoms with Crippen molar-refractivity contribution in [2.75, 3.05) is 11.1 Å². The minimum absolute atomic E-state index is 0.0194. The second-order valence-electron chi connectivity index (χ2n) is 9.82. The number of aromatic nitrogens is 4. The van der Waals surface area contributed by atoms with E-state index in [-0.39, 0.29) is 24.7 Å². The van der Waals surface area contributed by atoms with Gasteiger partial charge >= 0.3 is 0 Å². The van der Waals surface area contributed by atoms with Crippen molar-refractivity contribution in [2.45, 2.75) is 36.7 Å². The molecule has 212 valence electrons. The second-order valence-corrected chi connectivity index (χ2v) is 10.8. The molecule has 0 unspecified atom stereocenters. The van der Waals surface area contributed by atoms with Crippen molar-refractivity contribution >= 4 is 23.4 Å². The summed E-state index contributed by atoms with van der Waals surface area (Å²) >= 11 is 1.52. The van der Waals surface area contributed by atoms with Crippen LogP contribution in [0.1, 0.15) is 45.9 Å². The minimum atomic E-state index is -0.662. The number of para-hydroxylation sites is 1. The molecule has 9 nitrogen and oxygen atoms in total. The van der Waals surface area contributed by atoms with E-state index < -0.39 is 6.29 Å².